The van der Waals surface area contributed by atoms with Crippen LogP contribution in [0.5, 0.6) is 0 Å². The third-order valence-electron chi connectivity index (χ3n) is 5.25. The summed E-state index contributed by atoms with van der Waals surface area (Å²) >= 11 is 0. The van der Waals surface area contributed by atoms with E-state index in [0.29, 0.717) is 13.0 Å². The standard InChI is InChI=1S/C27H24N2O/c1-20-8-7-12-25(27(30)29-19-24-11-5-6-17-28-24)26(20)18-21-13-15-23(16-14-21)22-9-3-2-4-10-22/h2-17H,18-19H2,1H3,(H,29,30). The molecule has 0 spiro atoms. The van der Waals surface area contributed by atoms with Gasteiger partial charge in [0.15, 0.2) is 0 Å². The van der Waals surface area contributed by atoms with Crippen LogP contribution in [-0.4, -0.2) is 10.9 Å². The van der Waals surface area contributed by atoms with Crippen molar-refractivity contribution in [2.24, 2.45) is 0 Å². The monoisotopic (exact) mass is 392 g/mol. The molecular weight excluding hydrogens is 368 g/mol. The summed E-state index contributed by atoms with van der Waals surface area (Å²) in [6, 6.07) is 30.5. The number of carbonyl (C=O) groups excluding carboxylic acids is 1. The highest BCUT2D eigenvalue weighted by atomic mass is 16.1. The van der Waals surface area contributed by atoms with Gasteiger partial charge in [-0.3, -0.25) is 9.78 Å². The third-order valence-corrected chi connectivity index (χ3v) is 5.25. The number of hydrogen-bond acceptors (Lipinski definition) is 2. The van der Waals surface area contributed by atoms with E-state index in [4.69, 9.17) is 0 Å². The van der Waals surface area contributed by atoms with E-state index in [1.165, 1.54) is 16.7 Å². The van der Waals surface area contributed by atoms with Crippen molar-refractivity contribution < 1.29 is 4.79 Å². The molecule has 0 saturated heterocycles. The Balaban J connectivity index is 1.52. The van der Waals surface area contributed by atoms with E-state index < -0.39 is 0 Å². The first-order valence-electron chi connectivity index (χ1n) is 10.1. The lowest BCUT2D eigenvalue weighted by molar-refractivity contribution is 0.0949. The molecule has 148 valence electrons. The van der Waals surface area contributed by atoms with E-state index in [-0.39, 0.29) is 5.91 Å². The Bertz CT molecular complexity index is 1120. The van der Waals surface area contributed by atoms with Crippen LogP contribution < -0.4 is 5.32 Å². The van der Waals surface area contributed by atoms with Crippen molar-refractivity contribution in [1.82, 2.24) is 10.3 Å². The van der Waals surface area contributed by atoms with Crippen LogP contribution in [0.1, 0.15) is 32.7 Å². The van der Waals surface area contributed by atoms with Crippen molar-refractivity contribution in [3.63, 3.8) is 0 Å². The average molecular weight is 393 g/mol. The molecular formula is C27H24N2O. The van der Waals surface area contributed by atoms with E-state index in [1.54, 1.807) is 6.20 Å². The van der Waals surface area contributed by atoms with Gasteiger partial charge in [-0.25, -0.2) is 0 Å². The highest BCUT2D eigenvalue weighted by molar-refractivity contribution is 5.96. The van der Waals surface area contributed by atoms with E-state index in [1.807, 2.05) is 48.5 Å². The highest BCUT2D eigenvalue weighted by Gasteiger charge is 2.14. The summed E-state index contributed by atoms with van der Waals surface area (Å²) in [5.74, 6) is -0.0692. The molecule has 1 heterocycles. The average Bonchev–Trinajstić information content (AvgIpc) is 2.80. The lowest BCUT2D eigenvalue weighted by atomic mass is 9.94. The van der Waals surface area contributed by atoms with Crippen molar-refractivity contribution in [2.45, 2.75) is 19.9 Å². The SMILES string of the molecule is Cc1cccc(C(=O)NCc2ccccn2)c1Cc1ccc(-c2ccccc2)cc1. The molecule has 0 atom stereocenters. The summed E-state index contributed by atoms with van der Waals surface area (Å²) < 4.78 is 0. The molecule has 1 N–H and O–H groups in total. The number of rotatable bonds is 6. The fourth-order valence-corrected chi connectivity index (χ4v) is 3.57. The number of amides is 1. The Morgan fingerprint density at radius 1 is 0.800 bits per heavy atom. The number of pyridine rings is 1. The van der Waals surface area contributed by atoms with Gasteiger partial charge in [-0.05, 0) is 59.4 Å². The Labute approximate surface area is 177 Å². The van der Waals surface area contributed by atoms with Gasteiger partial charge in [0.05, 0.1) is 12.2 Å². The van der Waals surface area contributed by atoms with Gasteiger partial charge in [-0.15, -0.1) is 0 Å². The van der Waals surface area contributed by atoms with Crippen molar-refractivity contribution in [3.8, 4) is 11.1 Å². The van der Waals surface area contributed by atoms with Gasteiger partial charge in [0, 0.05) is 11.8 Å². The van der Waals surface area contributed by atoms with E-state index >= 15 is 0 Å². The first-order valence-corrected chi connectivity index (χ1v) is 10.1. The molecule has 0 fully saturated rings. The third kappa shape index (κ3) is 4.64. The summed E-state index contributed by atoms with van der Waals surface area (Å²) in [6.07, 6.45) is 2.45. The largest absolute Gasteiger partial charge is 0.346 e. The second kappa shape index (κ2) is 9.19. The summed E-state index contributed by atoms with van der Waals surface area (Å²) in [6.45, 7) is 2.47. The van der Waals surface area contributed by atoms with Crippen LogP contribution in [0, 0.1) is 6.92 Å². The minimum Gasteiger partial charge on any atom is -0.346 e. The van der Waals surface area contributed by atoms with Gasteiger partial charge in [-0.1, -0.05) is 72.8 Å². The van der Waals surface area contributed by atoms with Crippen molar-refractivity contribution >= 4 is 5.91 Å². The van der Waals surface area contributed by atoms with Gasteiger partial charge < -0.3 is 5.32 Å². The van der Waals surface area contributed by atoms with Crippen LogP contribution in [0.4, 0.5) is 0 Å². The predicted molar refractivity (Wildman–Crippen MR) is 121 cm³/mol. The zero-order valence-corrected chi connectivity index (χ0v) is 17.0. The van der Waals surface area contributed by atoms with E-state index in [0.717, 1.165) is 22.4 Å². The number of hydrogen-bond donors (Lipinski definition) is 1. The van der Waals surface area contributed by atoms with Crippen LogP contribution in [-0.2, 0) is 13.0 Å². The van der Waals surface area contributed by atoms with Crippen LogP contribution in [0.15, 0.2) is 97.2 Å². The lowest BCUT2D eigenvalue weighted by Gasteiger charge is -2.13. The fraction of sp³-hybridized carbons (Fsp3) is 0.111. The quantitative estimate of drug-likeness (QED) is 0.465. The van der Waals surface area contributed by atoms with Gasteiger partial charge in [0.1, 0.15) is 0 Å². The van der Waals surface area contributed by atoms with Gasteiger partial charge >= 0.3 is 0 Å². The Morgan fingerprint density at radius 2 is 1.53 bits per heavy atom. The fourth-order valence-electron chi connectivity index (χ4n) is 3.57. The highest BCUT2D eigenvalue weighted by Crippen LogP contribution is 2.23. The summed E-state index contributed by atoms with van der Waals surface area (Å²) in [7, 11) is 0. The number of carbonyl (C=O) groups is 1. The molecule has 30 heavy (non-hydrogen) atoms. The normalized spacial score (nSPS) is 10.6. The maximum atomic E-state index is 12.9. The molecule has 4 aromatic rings. The number of aryl methyl sites for hydroxylation is 1. The van der Waals surface area contributed by atoms with E-state index in [9.17, 15) is 4.79 Å². The molecule has 3 heteroatoms. The van der Waals surface area contributed by atoms with Crippen LogP contribution in [0.25, 0.3) is 11.1 Å². The molecule has 4 rings (SSSR count). The molecule has 1 amide bonds. The van der Waals surface area contributed by atoms with Crippen molar-refractivity contribution in [2.75, 3.05) is 0 Å². The second-order valence-electron chi connectivity index (χ2n) is 7.34. The summed E-state index contributed by atoms with van der Waals surface area (Å²) in [5, 5.41) is 3.00. The second-order valence-corrected chi connectivity index (χ2v) is 7.34. The van der Waals surface area contributed by atoms with Gasteiger partial charge in [0.2, 0.25) is 0 Å². The van der Waals surface area contributed by atoms with Crippen molar-refractivity contribution in [1.29, 1.82) is 0 Å². The minimum absolute atomic E-state index is 0.0692. The molecule has 0 saturated carbocycles. The lowest BCUT2D eigenvalue weighted by Crippen LogP contribution is -2.24. The maximum Gasteiger partial charge on any atom is 0.251 e. The van der Waals surface area contributed by atoms with Crippen LogP contribution >= 0.6 is 0 Å². The Morgan fingerprint density at radius 3 is 2.27 bits per heavy atom. The van der Waals surface area contributed by atoms with Gasteiger partial charge in [0.25, 0.3) is 5.91 Å². The topological polar surface area (TPSA) is 42.0 Å². The molecule has 3 aromatic carbocycles. The number of aromatic nitrogens is 1. The maximum absolute atomic E-state index is 12.9. The van der Waals surface area contributed by atoms with Gasteiger partial charge in [-0.2, -0.15) is 0 Å². The van der Waals surface area contributed by atoms with Crippen LogP contribution in [0.3, 0.4) is 0 Å². The molecule has 0 aliphatic carbocycles. The molecule has 0 aliphatic rings. The molecule has 0 bridgehead atoms. The molecule has 0 aliphatic heterocycles. The number of nitrogens with zero attached hydrogens (tertiary/aromatic N) is 1. The molecule has 0 radical (unpaired) electrons. The first-order chi connectivity index (χ1) is 14.7. The van der Waals surface area contributed by atoms with Crippen molar-refractivity contribution in [3.05, 3.63) is 125 Å². The smallest absolute Gasteiger partial charge is 0.251 e. The summed E-state index contributed by atoms with van der Waals surface area (Å²) in [4.78, 5) is 17.2. The zero-order chi connectivity index (χ0) is 20.8. The Hall–Kier alpha value is -3.72. The molecule has 1 aromatic heterocycles. The minimum atomic E-state index is -0.0692. The van der Waals surface area contributed by atoms with Crippen LogP contribution in [0.2, 0.25) is 0 Å². The molecule has 0 unspecified atom stereocenters. The predicted octanol–water partition coefficient (Wildman–Crippen LogP) is 5.58. The molecule has 3 nitrogen and oxygen atoms in total. The summed E-state index contributed by atoms with van der Waals surface area (Å²) in [5.41, 5.74) is 7.32. The first kappa shape index (κ1) is 19.6. The number of benzene rings is 3. The number of nitrogens with one attached hydrogen (secondary N) is 1. The Kier molecular flexibility index (Phi) is 6.00. The zero-order valence-electron chi connectivity index (χ0n) is 17.0. The van der Waals surface area contributed by atoms with E-state index in [2.05, 4.69) is 59.7 Å².